The predicted octanol–water partition coefficient (Wildman–Crippen LogP) is 3.76. The molecule has 0 bridgehead atoms. The zero-order chi connectivity index (χ0) is 26.2. The van der Waals surface area contributed by atoms with Gasteiger partial charge >= 0.3 is 0 Å². The first kappa shape index (κ1) is 26.8. The number of alkyl halides is 1. The molecule has 3 rings (SSSR count). The monoisotopic (exact) mass is 522 g/mol. The molecule has 2 N–H and O–H groups in total. The standard InChI is InChI=1S/C24H22ClF3N4O4/c1-14-12-32(13-29-14)19-5-3-15(9-20(19)35-2)4-6-21(33)30-31-24(34)23(36-8-7-25)16-10-17(26)22(28)18(27)11-16/h3-6,9-13,23H,7-8H2,1-2H3,(H,30,33)(H,31,34). The SMILES string of the molecule is COc1cc(C=CC(=O)NNC(=O)C(OCCCl)c2cc(F)c(F)c(F)c2)ccc1-n1cnc(C)c1. The zero-order valence-electron chi connectivity index (χ0n) is 19.2. The minimum absolute atomic E-state index is 0.0201. The van der Waals surface area contributed by atoms with Crippen LogP contribution >= 0.6 is 11.6 Å². The molecule has 0 aliphatic heterocycles. The first-order valence-corrected chi connectivity index (χ1v) is 11.1. The van der Waals surface area contributed by atoms with Crippen LogP contribution in [-0.4, -0.2) is 41.0 Å². The summed E-state index contributed by atoms with van der Waals surface area (Å²) in [4.78, 5) is 28.9. The van der Waals surface area contributed by atoms with E-state index in [1.807, 2.05) is 13.1 Å². The van der Waals surface area contributed by atoms with Crippen LogP contribution in [0.2, 0.25) is 0 Å². The highest BCUT2D eigenvalue weighted by molar-refractivity contribution is 6.18. The number of hydrogen-bond acceptors (Lipinski definition) is 5. The summed E-state index contributed by atoms with van der Waals surface area (Å²) in [5.41, 5.74) is 6.18. The molecule has 12 heteroatoms. The van der Waals surface area contributed by atoms with E-state index >= 15 is 0 Å². The Hall–Kier alpha value is -3.83. The second-order valence-electron chi connectivity index (χ2n) is 7.40. The third kappa shape index (κ3) is 6.64. The lowest BCUT2D eigenvalue weighted by molar-refractivity contribution is -0.136. The smallest absolute Gasteiger partial charge is 0.272 e. The molecule has 0 aliphatic rings. The van der Waals surface area contributed by atoms with Gasteiger partial charge < -0.3 is 14.0 Å². The van der Waals surface area contributed by atoms with Crippen molar-refractivity contribution in [2.75, 3.05) is 19.6 Å². The molecule has 0 saturated heterocycles. The van der Waals surface area contributed by atoms with Crippen molar-refractivity contribution in [3.63, 3.8) is 0 Å². The van der Waals surface area contributed by atoms with E-state index in [2.05, 4.69) is 15.8 Å². The molecule has 0 radical (unpaired) electrons. The van der Waals surface area contributed by atoms with Crippen molar-refractivity contribution in [3.8, 4) is 11.4 Å². The van der Waals surface area contributed by atoms with Gasteiger partial charge in [0.05, 0.1) is 31.4 Å². The quantitative estimate of drug-likeness (QED) is 0.193. The van der Waals surface area contributed by atoms with Gasteiger partial charge in [-0.1, -0.05) is 6.07 Å². The molecule has 2 aromatic carbocycles. The molecule has 1 aromatic heterocycles. The number of amides is 2. The summed E-state index contributed by atoms with van der Waals surface area (Å²) >= 11 is 5.56. The molecule has 3 aromatic rings. The maximum Gasteiger partial charge on any atom is 0.272 e. The Balaban J connectivity index is 1.66. The number of nitrogens with one attached hydrogen (secondary N) is 2. The second kappa shape index (κ2) is 12.2. The Morgan fingerprint density at radius 2 is 1.89 bits per heavy atom. The lowest BCUT2D eigenvalue weighted by atomic mass is 10.1. The van der Waals surface area contributed by atoms with Crippen molar-refractivity contribution in [2.45, 2.75) is 13.0 Å². The highest BCUT2D eigenvalue weighted by atomic mass is 35.5. The number of aryl methyl sites for hydroxylation is 1. The van der Waals surface area contributed by atoms with Gasteiger partial charge in [0.1, 0.15) is 5.75 Å². The molecule has 0 aliphatic carbocycles. The van der Waals surface area contributed by atoms with Crippen molar-refractivity contribution in [1.82, 2.24) is 20.4 Å². The third-order valence-electron chi connectivity index (χ3n) is 4.84. The molecular formula is C24H22ClF3N4O4. The average molecular weight is 523 g/mol. The second-order valence-corrected chi connectivity index (χ2v) is 7.78. The Kier molecular flexibility index (Phi) is 9.09. The number of halogens is 4. The van der Waals surface area contributed by atoms with Crippen LogP contribution in [0.4, 0.5) is 13.2 Å². The number of imidazole rings is 1. The van der Waals surface area contributed by atoms with E-state index in [0.29, 0.717) is 23.4 Å². The van der Waals surface area contributed by atoms with Crippen LogP contribution in [0.15, 0.2) is 48.9 Å². The van der Waals surface area contributed by atoms with E-state index in [1.54, 1.807) is 29.1 Å². The van der Waals surface area contributed by atoms with Gasteiger partial charge in [-0.3, -0.25) is 20.4 Å². The fourth-order valence-corrected chi connectivity index (χ4v) is 3.27. The number of carbonyl (C=O) groups excluding carboxylic acids is 2. The molecule has 8 nitrogen and oxygen atoms in total. The number of hydrogen-bond donors (Lipinski definition) is 2. The molecule has 0 fully saturated rings. The summed E-state index contributed by atoms with van der Waals surface area (Å²) in [6, 6.07) is 6.50. The normalized spacial score (nSPS) is 11.9. The number of benzene rings is 2. The van der Waals surface area contributed by atoms with Crippen molar-refractivity contribution < 1.29 is 32.2 Å². The topological polar surface area (TPSA) is 94.5 Å². The number of methoxy groups -OCH3 is 1. The molecule has 1 heterocycles. The van der Waals surface area contributed by atoms with Crippen molar-refractivity contribution >= 4 is 29.5 Å². The van der Waals surface area contributed by atoms with Gasteiger partial charge in [0.2, 0.25) is 0 Å². The third-order valence-corrected chi connectivity index (χ3v) is 4.99. The lowest BCUT2D eigenvalue weighted by Crippen LogP contribution is -2.44. The van der Waals surface area contributed by atoms with Gasteiger partial charge in [-0.05, 0) is 48.4 Å². The van der Waals surface area contributed by atoms with Crippen LogP contribution in [0.25, 0.3) is 11.8 Å². The van der Waals surface area contributed by atoms with Gasteiger partial charge in [-0.15, -0.1) is 11.6 Å². The number of ether oxygens (including phenoxy) is 2. The summed E-state index contributed by atoms with van der Waals surface area (Å²) in [6.45, 7) is 1.71. The van der Waals surface area contributed by atoms with Crippen LogP contribution in [0.5, 0.6) is 5.75 Å². The molecule has 2 amide bonds. The molecule has 190 valence electrons. The average Bonchev–Trinajstić information content (AvgIpc) is 3.30. The molecular weight excluding hydrogens is 501 g/mol. The summed E-state index contributed by atoms with van der Waals surface area (Å²) in [5, 5.41) is 0. The van der Waals surface area contributed by atoms with E-state index in [1.165, 1.54) is 13.2 Å². The van der Waals surface area contributed by atoms with Crippen LogP contribution in [0.3, 0.4) is 0 Å². The van der Waals surface area contributed by atoms with Gasteiger partial charge in [-0.2, -0.15) is 0 Å². The lowest BCUT2D eigenvalue weighted by Gasteiger charge is -2.18. The number of aromatic nitrogens is 2. The van der Waals surface area contributed by atoms with Gasteiger partial charge in [0.15, 0.2) is 23.6 Å². The molecule has 1 unspecified atom stereocenters. The number of nitrogens with zero attached hydrogens (tertiary/aromatic N) is 2. The molecule has 0 saturated carbocycles. The zero-order valence-corrected chi connectivity index (χ0v) is 20.0. The Morgan fingerprint density at radius 1 is 1.17 bits per heavy atom. The first-order valence-electron chi connectivity index (χ1n) is 10.5. The predicted molar refractivity (Wildman–Crippen MR) is 126 cm³/mol. The van der Waals surface area contributed by atoms with E-state index in [-0.39, 0.29) is 18.1 Å². The number of rotatable bonds is 9. The minimum Gasteiger partial charge on any atom is -0.495 e. The van der Waals surface area contributed by atoms with Crippen LogP contribution in [0.1, 0.15) is 22.9 Å². The van der Waals surface area contributed by atoms with E-state index in [9.17, 15) is 22.8 Å². The van der Waals surface area contributed by atoms with Gasteiger partial charge in [-0.25, -0.2) is 18.2 Å². The van der Waals surface area contributed by atoms with E-state index in [0.717, 1.165) is 17.5 Å². The highest BCUT2D eigenvalue weighted by Gasteiger charge is 2.25. The maximum absolute atomic E-state index is 13.6. The molecule has 1 atom stereocenters. The Bertz CT molecular complexity index is 1260. The number of carbonyl (C=O) groups is 2. The Morgan fingerprint density at radius 3 is 2.50 bits per heavy atom. The first-order chi connectivity index (χ1) is 17.2. The van der Waals surface area contributed by atoms with Crippen LogP contribution in [0, 0.1) is 24.4 Å². The van der Waals surface area contributed by atoms with Crippen LogP contribution < -0.4 is 15.6 Å². The van der Waals surface area contributed by atoms with Crippen molar-refractivity contribution in [1.29, 1.82) is 0 Å². The highest BCUT2D eigenvalue weighted by Crippen LogP contribution is 2.25. The maximum atomic E-state index is 13.6. The Labute approximate surface area is 209 Å². The summed E-state index contributed by atoms with van der Waals surface area (Å²) in [6.07, 6.45) is 4.57. The number of hydrazine groups is 1. The molecule has 36 heavy (non-hydrogen) atoms. The van der Waals surface area contributed by atoms with Crippen LogP contribution in [-0.2, 0) is 14.3 Å². The molecule has 0 spiro atoms. The van der Waals surface area contributed by atoms with E-state index in [4.69, 9.17) is 21.1 Å². The fraction of sp³-hybridized carbons (Fsp3) is 0.208. The van der Waals surface area contributed by atoms with Gasteiger partial charge in [0.25, 0.3) is 11.8 Å². The van der Waals surface area contributed by atoms with Gasteiger partial charge in [0, 0.05) is 18.2 Å². The summed E-state index contributed by atoms with van der Waals surface area (Å²) < 4.78 is 53.0. The summed E-state index contributed by atoms with van der Waals surface area (Å²) in [5.74, 6) is -5.80. The van der Waals surface area contributed by atoms with Crippen molar-refractivity contribution in [3.05, 3.63) is 83.2 Å². The largest absolute Gasteiger partial charge is 0.495 e. The summed E-state index contributed by atoms with van der Waals surface area (Å²) in [7, 11) is 1.51. The fourth-order valence-electron chi connectivity index (χ4n) is 3.18. The van der Waals surface area contributed by atoms with Crippen molar-refractivity contribution in [2.24, 2.45) is 0 Å². The van der Waals surface area contributed by atoms with E-state index < -0.39 is 35.4 Å². The minimum atomic E-state index is -1.68.